The Hall–Kier alpha value is -2.01. The maximum Gasteiger partial charge on any atom is 0.134 e. The lowest BCUT2D eigenvalue weighted by Gasteiger charge is -2.17. The number of aliphatic hydroxyl groups excluding tert-OH is 1. The fraction of sp³-hybridized carbons (Fsp3) is 0.250. The van der Waals surface area contributed by atoms with Gasteiger partial charge in [-0.1, -0.05) is 12.2 Å². The van der Waals surface area contributed by atoms with E-state index in [1.807, 2.05) is 24.3 Å². The minimum atomic E-state index is -0.0860. The van der Waals surface area contributed by atoms with Gasteiger partial charge in [0.25, 0.3) is 0 Å². The number of amidine groups is 1. The zero-order valence-electron chi connectivity index (χ0n) is 9.13. The first-order chi connectivity index (χ1) is 8.28. The smallest absolute Gasteiger partial charge is 0.134 e. The van der Waals surface area contributed by atoms with E-state index < -0.39 is 0 Å². The van der Waals surface area contributed by atoms with E-state index in [0.717, 1.165) is 11.3 Å². The van der Waals surface area contributed by atoms with Crippen LogP contribution in [0.25, 0.3) is 5.57 Å². The number of furan rings is 1. The van der Waals surface area contributed by atoms with Crippen molar-refractivity contribution in [1.82, 2.24) is 5.43 Å². The molecule has 2 heterocycles. The summed E-state index contributed by atoms with van der Waals surface area (Å²) in [4.78, 5) is 0. The van der Waals surface area contributed by atoms with E-state index in [1.54, 1.807) is 6.07 Å². The van der Waals surface area contributed by atoms with Gasteiger partial charge < -0.3 is 20.7 Å². The Balaban J connectivity index is 1.87. The molecule has 0 radical (unpaired) electrons. The molecule has 3 rings (SSSR count). The molecule has 1 aliphatic heterocycles. The number of fused-ring (bicyclic) bond motifs is 1. The second-order valence-electron chi connectivity index (χ2n) is 4.12. The van der Waals surface area contributed by atoms with Crippen LogP contribution in [0.1, 0.15) is 11.5 Å². The SMILES string of the molecule is NC1=NNC2C=C(c3ccc(CO)o3)C=CC12. The Labute approximate surface area is 98.3 Å². The number of nitrogens with zero attached hydrogens (tertiary/aromatic N) is 1. The van der Waals surface area contributed by atoms with Gasteiger partial charge in [-0.15, -0.1) is 0 Å². The molecular weight excluding hydrogens is 218 g/mol. The number of hydrogen-bond donors (Lipinski definition) is 3. The number of aliphatic hydroxyl groups is 1. The van der Waals surface area contributed by atoms with Crippen LogP contribution in [0.4, 0.5) is 0 Å². The zero-order valence-corrected chi connectivity index (χ0v) is 9.13. The molecule has 2 unspecified atom stereocenters. The fourth-order valence-corrected chi connectivity index (χ4v) is 2.09. The number of nitrogens with two attached hydrogens (primary N) is 1. The van der Waals surface area contributed by atoms with Crippen LogP contribution in [0.15, 0.2) is 39.9 Å². The molecule has 1 aliphatic carbocycles. The van der Waals surface area contributed by atoms with Crippen LogP contribution in [-0.4, -0.2) is 17.0 Å². The first-order valence-electron chi connectivity index (χ1n) is 5.46. The molecule has 5 nitrogen and oxygen atoms in total. The first-order valence-corrected chi connectivity index (χ1v) is 5.46. The van der Waals surface area contributed by atoms with Gasteiger partial charge in [0.15, 0.2) is 0 Å². The number of hydrazone groups is 1. The molecule has 1 aromatic rings. The van der Waals surface area contributed by atoms with Crippen molar-refractivity contribution in [2.24, 2.45) is 16.8 Å². The first kappa shape index (κ1) is 10.2. The third kappa shape index (κ3) is 1.64. The van der Waals surface area contributed by atoms with Crippen LogP contribution in [0.2, 0.25) is 0 Å². The molecule has 88 valence electrons. The van der Waals surface area contributed by atoms with E-state index in [0.29, 0.717) is 11.6 Å². The van der Waals surface area contributed by atoms with Gasteiger partial charge in [-0.25, -0.2) is 0 Å². The molecular formula is C12H13N3O2. The molecule has 0 fully saturated rings. The molecule has 2 atom stereocenters. The molecule has 0 saturated carbocycles. The van der Waals surface area contributed by atoms with E-state index in [2.05, 4.69) is 10.5 Å². The molecule has 2 aliphatic rings. The summed E-state index contributed by atoms with van der Waals surface area (Å²) in [5.74, 6) is 2.05. The van der Waals surface area contributed by atoms with E-state index in [9.17, 15) is 0 Å². The summed E-state index contributed by atoms with van der Waals surface area (Å²) in [5, 5.41) is 13.0. The largest absolute Gasteiger partial charge is 0.459 e. The Bertz CT molecular complexity index is 528. The summed E-state index contributed by atoms with van der Waals surface area (Å²) >= 11 is 0. The van der Waals surface area contributed by atoms with Gasteiger partial charge in [0.1, 0.15) is 24.0 Å². The average Bonchev–Trinajstić information content (AvgIpc) is 2.96. The number of nitrogens with one attached hydrogen (secondary N) is 1. The lowest BCUT2D eigenvalue weighted by molar-refractivity contribution is 0.246. The van der Waals surface area contributed by atoms with Crippen LogP contribution < -0.4 is 11.2 Å². The molecule has 1 aromatic heterocycles. The van der Waals surface area contributed by atoms with Crippen LogP contribution in [0.3, 0.4) is 0 Å². The predicted molar refractivity (Wildman–Crippen MR) is 63.8 cm³/mol. The minimum Gasteiger partial charge on any atom is -0.459 e. The average molecular weight is 231 g/mol. The van der Waals surface area contributed by atoms with Gasteiger partial charge in [-0.05, 0) is 18.2 Å². The van der Waals surface area contributed by atoms with Crippen molar-refractivity contribution in [3.63, 3.8) is 0 Å². The lowest BCUT2D eigenvalue weighted by Crippen LogP contribution is -2.30. The predicted octanol–water partition coefficient (Wildman–Crippen LogP) is 0.585. The van der Waals surface area contributed by atoms with Crippen molar-refractivity contribution in [3.8, 4) is 0 Å². The van der Waals surface area contributed by atoms with Gasteiger partial charge in [0, 0.05) is 5.57 Å². The van der Waals surface area contributed by atoms with Gasteiger partial charge in [0.05, 0.1) is 12.0 Å². The van der Waals surface area contributed by atoms with Gasteiger partial charge in [0.2, 0.25) is 0 Å². The topological polar surface area (TPSA) is 83.8 Å². The molecule has 0 bridgehead atoms. The van der Waals surface area contributed by atoms with Crippen LogP contribution >= 0.6 is 0 Å². The van der Waals surface area contributed by atoms with Crippen molar-refractivity contribution in [2.45, 2.75) is 12.6 Å². The molecule has 0 saturated heterocycles. The molecule has 0 spiro atoms. The number of rotatable bonds is 2. The molecule has 17 heavy (non-hydrogen) atoms. The van der Waals surface area contributed by atoms with Crippen molar-refractivity contribution in [2.75, 3.05) is 0 Å². The monoisotopic (exact) mass is 231 g/mol. The summed E-state index contributed by atoms with van der Waals surface area (Å²) < 4.78 is 5.48. The van der Waals surface area contributed by atoms with Crippen molar-refractivity contribution >= 4 is 11.4 Å². The molecule has 4 N–H and O–H groups in total. The summed E-state index contributed by atoms with van der Waals surface area (Å²) in [6.45, 7) is -0.0860. The van der Waals surface area contributed by atoms with Gasteiger partial charge in [-0.2, -0.15) is 5.10 Å². The highest BCUT2D eigenvalue weighted by Gasteiger charge is 2.29. The second kappa shape index (κ2) is 3.78. The second-order valence-corrected chi connectivity index (χ2v) is 4.12. The van der Waals surface area contributed by atoms with Crippen LogP contribution in [0, 0.1) is 5.92 Å². The quantitative estimate of drug-likeness (QED) is 0.695. The van der Waals surface area contributed by atoms with E-state index in [-0.39, 0.29) is 18.6 Å². The van der Waals surface area contributed by atoms with Crippen molar-refractivity contribution in [1.29, 1.82) is 0 Å². The van der Waals surface area contributed by atoms with E-state index in [4.69, 9.17) is 15.3 Å². The van der Waals surface area contributed by atoms with Gasteiger partial charge in [-0.3, -0.25) is 0 Å². The molecule has 5 heteroatoms. The Morgan fingerprint density at radius 3 is 3.12 bits per heavy atom. The normalized spacial score (nSPS) is 26.2. The highest BCUT2D eigenvalue weighted by molar-refractivity contribution is 5.89. The Morgan fingerprint density at radius 2 is 2.35 bits per heavy atom. The maximum absolute atomic E-state index is 8.96. The summed E-state index contributed by atoms with van der Waals surface area (Å²) in [6, 6.07) is 3.71. The Morgan fingerprint density at radius 1 is 1.47 bits per heavy atom. The zero-order chi connectivity index (χ0) is 11.8. The molecule has 0 amide bonds. The van der Waals surface area contributed by atoms with Crippen molar-refractivity contribution in [3.05, 3.63) is 41.9 Å². The van der Waals surface area contributed by atoms with E-state index >= 15 is 0 Å². The fourth-order valence-electron chi connectivity index (χ4n) is 2.09. The number of hydrogen-bond acceptors (Lipinski definition) is 5. The van der Waals surface area contributed by atoms with E-state index in [1.165, 1.54) is 0 Å². The van der Waals surface area contributed by atoms with Crippen LogP contribution in [-0.2, 0) is 6.61 Å². The summed E-state index contributed by atoms with van der Waals surface area (Å²) in [7, 11) is 0. The molecule has 0 aromatic carbocycles. The highest BCUT2D eigenvalue weighted by Crippen LogP contribution is 2.27. The summed E-state index contributed by atoms with van der Waals surface area (Å²) in [5.41, 5.74) is 9.70. The minimum absolute atomic E-state index is 0.0860. The Kier molecular flexibility index (Phi) is 2.26. The van der Waals surface area contributed by atoms with Gasteiger partial charge >= 0.3 is 0 Å². The highest BCUT2D eigenvalue weighted by atomic mass is 16.4. The third-order valence-electron chi connectivity index (χ3n) is 3.02. The third-order valence-corrected chi connectivity index (χ3v) is 3.02. The van der Waals surface area contributed by atoms with Crippen molar-refractivity contribution < 1.29 is 9.52 Å². The maximum atomic E-state index is 8.96. The number of allylic oxidation sites excluding steroid dienone is 2. The summed E-state index contributed by atoms with van der Waals surface area (Å²) in [6.07, 6.45) is 6.02. The lowest BCUT2D eigenvalue weighted by atomic mass is 9.91. The van der Waals surface area contributed by atoms with Crippen LogP contribution in [0.5, 0.6) is 0 Å². The standard InChI is InChI=1S/C12H13N3O2/c13-12-9-3-1-7(5-10(9)14-15-12)11-4-2-8(6-16)17-11/h1-5,9-10,14,16H,6H2,(H2,13,15).